The Morgan fingerprint density at radius 1 is 0.958 bits per heavy atom. The van der Waals surface area contributed by atoms with Crippen LogP contribution in [0.25, 0.3) is 11.3 Å². The van der Waals surface area contributed by atoms with Gasteiger partial charge < -0.3 is 24.8 Å². The lowest BCUT2D eigenvalue weighted by Gasteiger charge is -2.36. The highest BCUT2D eigenvalue weighted by atomic mass is 19.4. The summed E-state index contributed by atoms with van der Waals surface area (Å²) in [5.41, 5.74) is 1.07. The molecule has 16 heteroatoms. The molecule has 2 amide bonds. The van der Waals surface area contributed by atoms with E-state index in [0.717, 1.165) is 18.2 Å². The number of anilines is 2. The molecular formula is C32H34F3N9O4. The first-order chi connectivity index (χ1) is 23.3. The third kappa shape index (κ3) is 8.05. The van der Waals surface area contributed by atoms with Gasteiger partial charge in [0.15, 0.2) is 5.82 Å². The van der Waals surface area contributed by atoms with Crippen molar-refractivity contribution in [3.05, 3.63) is 72.4 Å². The van der Waals surface area contributed by atoms with Crippen LogP contribution >= 0.6 is 0 Å². The van der Waals surface area contributed by atoms with Crippen molar-refractivity contribution in [2.75, 3.05) is 30.5 Å². The molecular weight excluding hydrogens is 631 g/mol. The maximum absolute atomic E-state index is 13.7. The summed E-state index contributed by atoms with van der Waals surface area (Å²) in [4.78, 5) is 40.6. The Bertz CT molecular complexity index is 1650. The van der Waals surface area contributed by atoms with Gasteiger partial charge in [0.1, 0.15) is 12.2 Å². The number of aromatic nitrogens is 6. The molecule has 1 aliphatic heterocycles. The molecule has 4 heterocycles. The molecule has 13 nitrogen and oxygen atoms in total. The molecule has 0 bridgehead atoms. The fourth-order valence-corrected chi connectivity index (χ4v) is 5.45. The summed E-state index contributed by atoms with van der Waals surface area (Å²) < 4.78 is 56.5. The number of nitrogens with zero attached hydrogens (tertiary/aromatic N) is 7. The molecule has 6 rings (SSSR count). The molecule has 1 unspecified atom stereocenters. The fraction of sp³-hybridized carbons (Fsp3) is 0.406. The van der Waals surface area contributed by atoms with Gasteiger partial charge in [-0.25, -0.2) is 24.7 Å². The second-order valence-corrected chi connectivity index (χ2v) is 11.4. The predicted molar refractivity (Wildman–Crippen MR) is 167 cm³/mol. The van der Waals surface area contributed by atoms with Crippen LogP contribution in [0.4, 0.5) is 29.7 Å². The van der Waals surface area contributed by atoms with E-state index in [1.165, 1.54) is 13.3 Å². The molecule has 2 aliphatic rings. The minimum Gasteiger partial charge on any atom is -0.474 e. The topological polar surface area (TPSA) is 149 Å². The Morgan fingerprint density at radius 2 is 1.71 bits per heavy atom. The first-order valence-electron chi connectivity index (χ1n) is 15.5. The average Bonchev–Trinajstić information content (AvgIpc) is 3.08. The zero-order valence-electron chi connectivity index (χ0n) is 26.1. The van der Waals surface area contributed by atoms with E-state index in [1.807, 2.05) is 30.3 Å². The molecule has 1 saturated heterocycles. The Labute approximate surface area is 274 Å². The van der Waals surface area contributed by atoms with Crippen molar-refractivity contribution in [3.8, 4) is 23.1 Å². The van der Waals surface area contributed by atoms with E-state index in [1.54, 1.807) is 23.5 Å². The van der Waals surface area contributed by atoms with Gasteiger partial charge in [-0.05, 0) is 31.2 Å². The highest BCUT2D eigenvalue weighted by Gasteiger charge is 2.37. The Kier molecular flexibility index (Phi) is 10.1. The van der Waals surface area contributed by atoms with Crippen LogP contribution in [0.1, 0.15) is 43.2 Å². The van der Waals surface area contributed by atoms with Crippen LogP contribution in [0.15, 0.2) is 61.3 Å². The highest BCUT2D eigenvalue weighted by Crippen LogP contribution is 2.36. The molecule has 0 radical (unpaired) electrons. The van der Waals surface area contributed by atoms with Gasteiger partial charge in [-0.3, -0.25) is 9.88 Å². The van der Waals surface area contributed by atoms with Gasteiger partial charge in [-0.2, -0.15) is 18.2 Å². The quantitative estimate of drug-likeness (QED) is 0.221. The smallest absolute Gasteiger partial charge is 0.423 e. The Morgan fingerprint density at radius 3 is 2.33 bits per heavy atom. The highest BCUT2D eigenvalue weighted by molar-refractivity contribution is 5.91. The van der Waals surface area contributed by atoms with Crippen molar-refractivity contribution in [1.82, 2.24) is 35.2 Å². The summed E-state index contributed by atoms with van der Waals surface area (Å²) in [6, 6.07) is 9.10. The van der Waals surface area contributed by atoms with Gasteiger partial charge in [0.25, 0.3) is 0 Å². The first-order valence-corrected chi connectivity index (χ1v) is 15.5. The first kappa shape index (κ1) is 32.8. The number of nitrogens with one attached hydrogen (secondary N) is 2. The monoisotopic (exact) mass is 665 g/mol. The average molecular weight is 666 g/mol. The van der Waals surface area contributed by atoms with E-state index in [-0.39, 0.29) is 42.8 Å². The van der Waals surface area contributed by atoms with Crippen molar-refractivity contribution in [1.29, 1.82) is 0 Å². The van der Waals surface area contributed by atoms with E-state index < -0.39 is 17.6 Å². The molecule has 1 aromatic carbocycles. The fourth-order valence-electron chi connectivity index (χ4n) is 5.45. The molecule has 2 N–H and O–H groups in total. The van der Waals surface area contributed by atoms with Crippen LogP contribution in [0.2, 0.25) is 0 Å². The number of methoxy groups -OCH3 is 1. The molecule has 2 fully saturated rings. The third-order valence-electron chi connectivity index (χ3n) is 8.15. The van der Waals surface area contributed by atoms with E-state index in [2.05, 4.69) is 40.5 Å². The number of amides is 2. The minimum atomic E-state index is -4.67. The van der Waals surface area contributed by atoms with Crippen molar-refractivity contribution in [2.45, 2.75) is 63.0 Å². The van der Waals surface area contributed by atoms with Crippen molar-refractivity contribution in [2.24, 2.45) is 0 Å². The van der Waals surface area contributed by atoms with Crippen LogP contribution in [-0.2, 0) is 17.5 Å². The second-order valence-electron chi connectivity index (χ2n) is 11.4. The summed E-state index contributed by atoms with van der Waals surface area (Å²) in [5.74, 6) is -0.121. The van der Waals surface area contributed by atoms with Gasteiger partial charge in [-0.15, -0.1) is 0 Å². The molecule has 3 aromatic heterocycles. The zero-order valence-corrected chi connectivity index (χ0v) is 26.1. The zero-order chi connectivity index (χ0) is 33.5. The van der Waals surface area contributed by atoms with E-state index in [4.69, 9.17) is 14.2 Å². The number of alkyl halides is 3. The second kappa shape index (κ2) is 14.8. The maximum Gasteiger partial charge on any atom is 0.423 e. The summed E-state index contributed by atoms with van der Waals surface area (Å²) in [7, 11) is 1.48. The predicted octanol–water partition coefficient (Wildman–Crippen LogP) is 5.06. The van der Waals surface area contributed by atoms with Crippen molar-refractivity contribution >= 4 is 17.8 Å². The molecule has 252 valence electrons. The third-order valence-corrected chi connectivity index (χ3v) is 8.15. The van der Waals surface area contributed by atoms with Crippen LogP contribution in [0.3, 0.4) is 0 Å². The number of rotatable bonds is 11. The number of hydrogen-bond donors (Lipinski definition) is 2. The minimum absolute atomic E-state index is 0.0233. The van der Waals surface area contributed by atoms with Crippen molar-refractivity contribution < 1.29 is 32.2 Å². The van der Waals surface area contributed by atoms with Crippen LogP contribution in [0, 0.1) is 0 Å². The summed E-state index contributed by atoms with van der Waals surface area (Å²) >= 11 is 0. The molecule has 4 aromatic rings. The molecule has 1 atom stereocenters. The van der Waals surface area contributed by atoms with Gasteiger partial charge in [-0.1, -0.05) is 30.3 Å². The van der Waals surface area contributed by atoms with E-state index in [0.29, 0.717) is 55.9 Å². The number of halogens is 3. The lowest BCUT2D eigenvalue weighted by atomic mass is 9.90. The van der Waals surface area contributed by atoms with Crippen molar-refractivity contribution in [3.63, 3.8) is 0 Å². The number of carbonyl (C=O) groups excluding carboxylic acids is 1. The van der Waals surface area contributed by atoms with Gasteiger partial charge in [0, 0.05) is 55.8 Å². The van der Waals surface area contributed by atoms with Crippen LogP contribution < -0.4 is 25.0 Å². The molecule has 1 aliphatic carbocycles. The normalized spacial score (nSPS) is 19.1. The number of urea groups is 1. The largest absolute Gasteiger partial charge is 0.474 e. The number of carbonyl (C=O) groups is 1. The lowest BCUT2D eigenvalue weighted by molar-refractivity contribution is -0.140. The summed E-state index contributed by atoms with van der Waals surface area (Å²) in [6.07, 6.45) is 5.13. The summed E-state index contributed by atoms with van der Waals surface area (Å²) in [6.45, 7) is 0.859. The van der Waals surface area contributed by atoms with Gasteiger partial charge in [0.05, 0.1) is 31.3 Å². The summed E-state index contributed by atoms with van der Waals surface area (Å²) in [5, 5.41) is 6.15. The van der Waals surface area contributed by atoms with Gasteiger partial charge >= 0.3 is 18.2 Å². The number of hydrogen-bond acceptors (Lipinski definition) is 11. The molecule has 1 saturated carbocycles. The van der Waals surface area contributed by atoms with E-state index >= 15 is 0 Å². The number of benzene rings is 1. The van der Waals surface area contributed by atoms with Crippen LogP contribution in [0.5, 0.6) is 11.9 Å². The Balaban J connectivity index is 1.14. The Hall–Kier alpha value is -5.12. The van der Waals surface area contributed by atoms with Gasteiger partial charge in [0.2, 0.25) is 11.8 Å². The molecule has 0 spiro atoms. The van der Waals surface area contributed by atoms with E-state index in [9.17, 15) is 18.0 Å². The number of ether oxygens (including phenoxy) is 3. The standard InChI is InChI=1S/C32H34F3N9O4/c1-46-30-39-14-21(15-40-30)26-17-37-27(18-36-26)44(31(45)41-13-20-5-3-2-4-6-20)23-9-7-22(8-10-23)42-29-38-16-25(32(33,34)35)28(43-29)48-19-24-11-12-47-24/h2-6,14-18,22-24H,7-13,19H2,1H3,(H,41,45)(H,38,42,43). The maximum atomic E-state index is 13.7. The molecule has 48 heavy (non-hydrogen) atoms. The lowest BCUT2D eigenvalue weighted by Crippen LogP contribution is -2.49. The van der Waals surface area contributed by atoms with Crippen LogP contribution in [-0.4, -0.2) is 74.4 Å². The SMILES string of the molecule is COc1ncc(-c2cnc(N(C(=O)NCc3ccccc3)C3CCC(Nc4ncc(C(F)(F)F)c(OCC5CCO5)n4)CC3)cn2)cn1.